The molecule has 0 aliphatic carbocycles. The van der Waals surface area contributed by atoms with E-state index < -0.39 is 5.41 Å². The first kappa shape index (κ1) is 32.8. The maximum atomic E-state index is 13.1. The molecule has 7 nitrogen and oxygen atoms in total. The third-order valence-corrected chi connectivity index (χ3v) is 8.68. The van der Waals surface area contributed by atoms with E-state index in [1.54, 1.807) is 6.07 Å². The Kier molecular flexibility index (Phi) is 12.0. The van der Waals surface area contributed by atoms with Gasteiger partial charge in [-0.1, -0.05) is 52.2 Å². The minimum atomic E-state index is -0.547. The smallest absolute Gasteiger partial charge is 0.311 e. The summed E-state index contributed by atoms with van der Waals surface area (Å²) in [4.78, 5) is 16.9. The number of quaternary nitrogens is 1. The predicted molar refractivity (Wildman–Crippen MR) is 169 cm³/mol. The van der Waals surface area contributed by atoms with Gasteiger partial charge in [-0.3, -0.25) is 14.3 Å². The van der Waals surface area contributed by atoms with Crippen molar-refractivity contribution in [3.63, 3.8) is 0 Å². The van der Waals surface area contributed by atoms with E-state index in [0.717, 1.165) is 66.2 Å². The van der Waals surface area contributed by atoms with E-state index in [1.165, 1.54) is 37.2 Å². The lowest BCUT2D eigenvalue weighted by atomic mass is 9.78. The van der Waals surface area contributed by atoms with Crippen molar-refractivity contribution >= 4 is 29.3 Å². The van der Waals surface area contributed by atoms with Crippen LogP contribution >= 0.6 is 11.5 Å². The van der Waals surface area contributed by atoms with Crippen molar-refractivity contribution in [1.29, 1.82) is 0 Å². The molecule has 0 fully saturated rings. The maximum absolute atomic E-state index is 13.1. The van der Waals surface area contributed by atoms with Crippen molar-refractivity contribution in [2.24, 2.45) is 4.99 Å². The van der Waals surface area contributed by atoms with Gasteiger partial charge in [0.05, 0.1) is 32.0 Å². The number of likely N-dealkylation sites (N-methyl/N-ethyl adjacent to an activating group) is 1. The van der Waals surface area contributed by atoms with Crippen LogP contribution in [0.3, 0.4) is 0 Å². The molecule has 41 heavy (non-hydrogen) atoms. The van der Waals surface area contributed by atoms with Gasteiger partial charge in [-0.05, 0) is 49.0 Å². The van der Waals surface area contributed by atoms with Gasteiger partial charge in [0, 0.05) is 49.1 Å². The lowest BCUT2D eigenvalue weighted by Crippen LogP contribution is -2.55. The Labute approximate surface area is 251 Å². The van der Waals surface area contributed by atoms with Crippen molar-refractivity contribution in [3.8, 4) is 11.5 Å². The van der Waals surface area contributed by atoms with Crippen LogP contribution in [-0.2, 0) is 14.9 Å². The van der Waals surface area contributed by atoms with E-state index >= 15 is 0 Å². The molecule has 2 aliphatic rings. The molecule has 1 aromatic heterocycles. The quantitative estimate of drug-likeness (QED) is 0.160. The predicted octanol–water partition coefficient (Wildman–Crippen LogP) is 7.38. The van der Waals surface area contributed by atoms with E-state index in [9.17, 15) is 9.90 Å². The molecule has 0 radical (unpaired) electrons. The fourth-order valence-electron chi connectivity index (χ4n) is 5.57. The molecule has 0 saturated heterocycles. The number of aromatic nitrogens is 1. The first-order valence-corrected chi connectivity index (χ1v) is 15.9. The van der Waals surface area contributed by atoms with Crippen LogP contribution in [0, 0.1) is 13.8 Å². The number of rotatable bonds is 12. The molecule has 0 bridgehead atoms. The fourth-order valence-corrected chi connectivity index (χ4v) is 6.21. The molecule has 8 heteroatoms. The van der Waals surface area contributed by atoms with Crippen LogP contribution in [0.4, 0.5) is 0 Å². The average Bonchev–Trinajstić information content (AvgIpc) is 3.30. The minimum Gasteiger partial charge on any atom is -0.508 e. The zero-order chi connectivity index (χ0) is 30.0. The van der Waals surface area contributed by atoms with Crippen LogP contribution in [0.2, 0.25) is 0 Å². The molecule has 0 saturated carbocycles. The Morgan fingerprint density at radius 1 is 1.20 bits per heavy atom. The van der Waals surface area contributed by atoms with Crippen molar-refractivity contribution in [1.82, 2.24) is 4.37 Å². The normalized spacial score (nSPS) is 19.0. The standard InChI is InChI=1S/C30H44N2O4S.C3H5N/c1-8-9-10-11-15-35-26-20-37-31-29(26)24-13-12-14-32(7,19-24)23(4)36-27(34)18-30(5,6)28-22(3)16-21(2)17-25(28)33;1-2-4-3-1/h13,16-17,20,23H,8-12,14-15,18-19H2,1-7H3;2H,1,3H2/p+1. The van der Waals surface area contributed by atoms with Gasteiger partial charge in [0.15, 0.2) is 5.75 Å². The van der Waals surface area contributed by atoms with Gasteiger partial charge in [-0.2, -0.15) is 4.37 Å². The third kappa shape index (κ3) is 9.14. The number of unbranched alkanes of at least 4 members (excludes halogenated alkanes) is 3. The Morgan fingerprint density at radius 3 is 2.54 bits per heavy atom. The SMILES string of the molecule is C1=NCC1.CCCCCCOc1csnc1C1=CCC[N+](C)(C(C)OC(=O)CC(C)(C)c2c(C)cc(C)cc2O)C1. The zero-order valence-electron chi connectivity index (χ0n) is 26.2. The molecule has 2 aromatic rings. The highest BCUT2D eigenvalue weighted by molar-refractivity contribution is 7.04. The second kappa shape index (κ2) is 15.0. The van der Waals surface area contributed by atoms with Gasteiger partial charge in [0.25, 0.3) is 0 Å². The molecule has 0 amide bonds. The molecule has 1 N–H and O–H groups in total. The number of aliphatic imine (C=N–C) groups is 1. The summed E-state index contributed by atoms with van der Waals surface area (Å²) >= 11 is 1.43. The molecule has 2 atom stereocenters. The number of nitrogens with zero attached hydrogens (tertiary/aromatic N) is 3. The van der Waals surface area contributed by atoms with Crippen molar-refractivity contribution in [2.75, 3.05) is 33.3 Å². The summed E-state index contributed by atoms with van der Waals surface area (Å²) in [6.45, 7) is 15.5. The number of carbonyl (C=O) groups excluding carboxylic acids is 1. The first-order valence-electron chi connectivity index (χ1n) is 15.1. The number of benzene rings is 1. The molecule has 2 aliphatic heterocycles. The Bertz CT molecular complexity index is 1190. The number of aromatic hydroxyl groups is 1. The molecular weight excluding hydrogens is 534 g/mol. The largest absolute Gasteiger partial charge is 0.508 e. The van der Waals surface area contributed by atoms with Crippen molar-refractivity contribution < 1.29 is 23.9 Å². The molecule has 2 unspecified atom stereocenters. The number of carbonyl (C=O) groups is 1. The van der Waals surface area contributed by atoms with Gasteiger partial charge in [0.1, 0.15) is 18.0 Å². The van der Waals surface area contributed by atoms with Gasteiger partial charge < -0.3 is 14.6 Å². The van der Waals surface area contributed by atoms with Crippen molar-refractivity contribution in [3.05, 3.63) is 46.0 Å². The van der Waals surface area contributed by atoms with E-state index in [1.807, 2.05) is 52.3 Å². The molecule has 226 valence electrons. The first-order chi connectivity index (χ1) is 19.5. The Morgan fingerprint density at radius 2 is 1.90 bits per heavy atom. The molecular formula is C33H50N3O4S+. The van der Waals surface area contributed by atoms with Crippen LogP contribution in [0.25, 0.3) is 5.57 Å². The van der Waals surface area contributed by atoms with Crippen LogP contribution in [0.1, 0.15) is 95.0 Å². The summed E-state index contributed by atoms with van der Waals surface area (Å²) in [5.74, 6) is 0.845. The van der Waals surface area contributed by atoms with Crippen molar-refractivity contribution in [2.45, 2.75) is 98.1 Å². The minimum absolute atomic E-state index is 0.194. The van der Waals surface area contributed by atoms with Crippen LogP contribution in [-0.4, -0.2) is 65.7 Å². The Hall–Kier alpha value is -2.71. The monoisotopic (exact) mass is 584 g/mol. The number of hydrogen-bond acceptors (Lipinski definition) is 7. The lowest BCUT2D eigenvalue weighted by molar-refractivity contribution is -0.944. The topological polar surface area (TPSA) is 81.0 Å². The Balaban J connectivity index is 0.00000106. The van der Waals surface area contributed by atoms with E-state index in [0.29, 0.717) is 11.1 Å². The molecule has 1 aromatic carbocycles. The highest BCUT2D eigenvalue weighted by atomic mass is 32.1. The average molecular weight is 585 g/mol. The molecule has 3 heterocycles. The van der Waals surface area contributed by atoms with Gasteiger partial charge >= 0.3 is 5.97 Å². The zero-order valence-corrected chi connectivity index (χ0v) is 27.0. The number of aryl methyl sites for hydroxylation is 2. The third-order valence-electron chi connectivity index (χ3n) is 8.08. The summed E-state index contributed by atoms with van der Waals surface area (Å²) in [7, 11) is 2.14. The van der Waals surface area contributed by atoms with Crippen LogP contribution in [0.15, 0.2) is 28.6 Å². The molecule has 4 rings (SSSR count). The summed E-state index contributed by atoms with van der Waals surface area (Å²) in [5.41, 5.74) is 4.32. The number of phenolic OH excluding ortho intramolecular Hbond substituents is 1. The van der Waals surface area contributed by atoms with Gasteiger partial charge in [0.2, 0.25) is 6.23 Å². The highest BCUT2D eigenvalue weighted by Crippen LogP contribution is 2.38. The molecule has 0 spiro atoms. The summed E-state index contributed by atoms with van der Waals surface area (Å²) in [6.07, 6.45) is 10.9. The summed E-state index contributed by atoms with van der Waals surface area (Å²) in [6, 6.07) is 3.80. The van der Waals surface area contributed by atoms with E-state index in [-0.39, 0.29) is 24.4 Å². The van der Waals surface area contributed by atoms with Gasteiger partial charge in [-0.15, -0.1) is 0 Å². The van der Waals surface area contributed by atoms with E-state index in [4.69, 9.17) is 9.47 Å². The van der Waals surface area contributed by atoms with Gasteiger partial charge in [-0.25, -0.2) is 0 Å². The van der Waals surface area contributed by atoms with E-state index in [2.05, 4.69) is 29.4 Å². The number of hydrogen-bond donors (Lipinski definition) is 1. The highest BCUT2D eigenvalue weighted by Gasteiger charge is 2.38. The maximum Gasteiger partial charge on any atom is 0.311 e. The van der Waals surface area contributed by atoms with Crippen LogP contribution < -0.4 is 4.74 Å². The number of phenols is 1. The fraction of sp³-hybridized carbons (Fsp3) is 0.606. The lowest BCUT2D eigenvalue weighted by Gasteiger charge is -2.41. The number of esters is 1. The summed E-state index contributed by atoms with van der Waals surface area (Å²) < 4.78 is 17.4. The second-order valence-electron chi connectivity index (χ2n) is 12.3. The number of ether oxygens (including phenoxy) is 2. The summed E-state index contributed by atoms with van der Waals surface area (Å²) in [5, 5.41) is 12.6. The second-order valence-corrected chi connectivity index (χ2v) is 12.9. The van der Waals surface area contributed by atoms with Crippen LogP contribution in [0.5, 0.6) is 11.5 Å².